The summed E-state index contributed by atoms with van der Waals surface area (Å²) in [5.41, 5.74) is 0.969. The van der Waals surface area contributed by atoms with Crippen molar-refractivity contribution in [3.8, 4) is 5.75 Å². The van der Waals surface area contributed by atoms with Gasteiger partial charge >= 0.3 is 0 Å². The van der Waals surface area contributed by atoms with Crippen molar-refractivity contribution in [1.82, 2.24) is 10.6 Å². The molecular formula is C19H27ClN2O3. The fourth-order valence-electron chi connectivity index (χ4n) is 2.98. The maximum atomic E-state index is 11.8. The zero-order valence-electron chi connectivity index (χ0n) is 14.8. The lowest BCUT2D eigenvalue weighted by Crippen LogP contribution is -2.42. The molecule has 138 valence electrons. The van der Waals surface area contributed by atoms with Crippen LogP contribution in [0, 0.1) is 6.92 Å². The molecular weight excluding hydrogens is 340 g/mol. The summed E-state index contributed by atoms with van der Waals surface area (Å²) in [6.07, 6.45) is 6.61. The standard InChI is InChI=1S/C19H27ClN2O3/c1-14-12-15(20)9-10-17(14)25-11-5-8-18(23)21-13-19(24)22-16-6-3-2-4-7-16/h9-10,12,16H,2-8,11,13H2,1H3,(H,21,23)(H,22,24). The van der Waals surface area contributed by atoms with Gasteiger partial charge in [0.2, 0.25) is 11.8 Å². The van der Waals surface area contributed by atoms with Crippen LogP contribution in [0.5, 0.6) is 5.75 Å². The van der Waals surface area contributed by atoms with Gasteiger partial charge in [-0.2, -0.15) is 0 Å². The van der Waals surface area contributed by atoms with Gasteiger partial charge in [-0.25, -0.2) is 0 Å². The third-order valence-electron chi connectivity index (χ3n) is 4.36. The molecule has 0 saturated heterocycles. The summed E-state index contributed by atoms with van der Waals surface area (Å²) in [6.45, 7) is 2.43. The number of hydrogen-bond acceptors (Lipinski definition) is 3. The normalized spacial score (nSPS) is 14.8. The number of ether oxygens (including phenoxy) is 1. The number of carbonyl (C=O) groups excluding carboxylic acids is 2. The van der Waals surface area contributed by atoms with E-state index in [1.807, 2.05) is 19.1 Å². The molecule has 2 amide bonds. The molecule has 6 heteroatoms. The van der Waals surface area contributed by atoms with E-state index < -0.39 is 0 Å². The lowest BCUT2D eigenvalue weighted by atomic mass is 9.95. The maximum absolute atomic E-state index is 11.8. The molecule has 0 aromatic heterocycles. The van der Waals surface area contributed by atoms with Gasteiger partial charge in [0.1, 0.15) is 5.75 Å². The van der Waals surface area contributed by atoms with Crippen molar-refractivity contribution in [2.24, 2.45) is 0 Å². The first-order valence-corrected chi connectivity index (χ1v) is 9.37. The van der Waals surface area contributed by atoms with E-state index in [-0.39, 0.29) is 24.4 Å². The lowest BCUT2D eigenvalue weighted by molar-refractivity contribution is -0.126. The van der Waals surface area contributed by atoms with Crippen LogP contribution >= 0.6 is 11.6 Å². The molecule has 1 aliphatic rings. The van der Waals surface area contributed by atoms with Gasteiger partial charge in [0, 0.05) is 17.5 Å². The maximum Gasteiger partial charge on any atom is 0.239 e. The van der Waals surface area contributed by atoms with Gasteiger partial charge in [-0.3, -0.25) is 9.59 Å². The Morgan fingerprint density at radius 1 is 1.20 bits per heavy atom. The molecule has 1 fully saturated rings. The van der Waals surface area contributed by atoms with Crippen molar-refractivity contribution in [1.29, 1.82) is 0 Å². The van der Waals surface area contributed by atoms with Gasteiger partial charge in [-0.05, 0) is 49.9 Å². The Kier molecular flexibility index (Phi) is 8.06. The Hall–Kier alpha value is -1.75. The number of carbonyl (C=O) groups is 2. The van der Waals surface area contributed by atoms with E-state index in [4.69, 9.17) is 16.3 Å². The van der Waals surface area contributed by atoms with Crippen molar-refractivity contribution < 1.29 is 14.3 Å². The Balaban J connectivity index is 1.56. The molecule has 0 atom stereocenters. The summed E-state index contributed by atoms with van der Waals surface area (Å²) in [6, 6.07) is 5.72. The number of aryl methyl sites for hydroxylation is 1. The van der Waals surface area contributed by atoms with Crippen LogP contribution in [0.4, 0.5) is 0 Å². The molecule has 1 saturated carbocycles. The van der Waals surface area contributed by atoms with Crippen molar-refractivity contribution >= 4 is 23.4 Å². The third-order valence-corrected chi connectivity index (χ3v) is 4.59. The first-order chi connectivity index (χ1) is 12.0. The zero-order valence-corrected chi connectivity index (χ0v) is 15.5. The number of nitrogens with one attached hydrogen (secondary N) is 2. The molecule has 0 aliphatic heterocycles. The van der Waals surface area contributed by atoms with Gasteiger partial charge in [0.15, 0.2) is 0 Å². The van der Waals surface area contributed by atoms with E-state index in [0.717, 1.165) is 24.2 Å². The van der Waals surface area contributed by atoms with Crippen LogP contribution < -0.4 is 15.4 Å². The molecule has 25 heavy (non-hydrogen) atoms. The predicted octanol–water partition coefficient (Wildman–Crippen LogP) is 3.37. The molecule has 0 heterocycles. The fourth-order valence-corrected chi connectivity index (χ4v) is 3.21. The Labute approximate surface area is 154 Å². The molecule has 1 aromatic rings. The summed E-state index contributed by atoms with van der Waals surface area (Å²) < 4.78 is 5.65. The number of rotatable bonds is 8. The molecule has 0 bridgehead atoms. The molecule has 2 N–H and O–H groups in total. The second kappa shape index (κ2) is 10.3. The first-order valence-electron chi connectivity index (χ1n) is 8.99. The Bertz CT molecular complexity index is 586. The molecule has 2 rings (SSSR count). The van der Waals surface area contributed by atoms with Crippen LogP contribution in [0.1, 0.15) is 50.5 Å². The molecule has 0 spiro atoms. The van der Waals surface area contributed by atoms with Crippen molar-refractivity contribution in [3.63, 3.8) is 0 Å². The Morgan fingerprint density at radius 2 is 1.96 bits per heavy atom. The summed E-state index contributed by atoms with van der Waals surface area (Å²) in [5, 5.41) is 6.33. The van der Waals surface area contributed by atoms with E-state index in [2.05, 4.69) is 10.6 Å². The highest BCUT2D eigenvalue weighted by molar-refractivity contribution is 6.30. The smallest absolute Gasteiger partial charge is 0.239 e. The highest BCUT2D eigenvalue weighted by Gasteiger charge is 2.15. The SMILES string of the molecule is Cc1cc(Cl)ccc1OCCCC(=O)NCC(=O)NC1CCCCC1. The largest absolute Gasteiger partial charge is 0.493 e. The average Bonchev–Trinajstić information content (AvgIpc) is 2.59. The quantitative estimate of drug-likeness (QED) is 0.693. The van der Waals surface area contributed by atoms with Gasteiger partial charge in [0.05, 0.1) is 13.2 Å². The highest BCUT2D eigenvalue weighted by Crippen LogP contribution is 2.22. The van der Waals surface area contributed by atoms with E-state index >= 15 is 0 Å². The Morgan fingerprint density at radius 3 is 2.68 bits per heavy atom. The van der Waals surface area contributed by atoms with E-state index in [9.17, 15) is 9.59 Å². The number of amides is 2. The van der Waals surface area contributed by atoms with Crippen LogP contribution in [0.2, 0.25) is 5.02 Å². The number of hydrogen-bond donors (Lipinski definition) is 2. The second-order valence-electron chi connectivity index (χ2n) is 6.54. The minimum absolute atomic E-state index is 0.0481. The zero-order chi connectivity index (χ0) is 18.1. The van der Waals surface area contributed by atoms with Crippen LogP contribution in [0.25, 0.3) is 0 Å². The topological polar surface area (TPSA) is 67.4 Å². The molecule has 5 nitrogen and oxygen atoms in total. The minimum atomic E-state index is -0.129. The monoisotopic (exact) mass is 366 g/mol. The van der Waals surface area contributed by atoms with Crippen LogP contribution in [0.15, 0.2) is 18.2 Å². The average molecular weight is 367 g/mol. The van der Waals surface area contributed by atoms with Crippen molar-refractivity contribution in [2.45, 2.75) is 57.9 Å². The van der Waals surface area contributed by atoms with Gasteiger partial charge < -0.3 is 15.4 Å². The van der Waals surface area contributed by atoms with Gasteiger partial charge in [-0.15, -0.1) is 0 Å². The molecule has 1 aromatic carbocycles. The number of halogens is 1. The van der Waals surface area contributed by atoms with Crippen LogP contribution in [-0.2, 0) is 9.59 Å². The first kappa shape index (κ1) is 19.6. The summed E-state index contributed by atoms with van der Waals surface area (Å²) in [5.74, 6) is 0.542. The predicted molar refractivity (Wildman–Crippen MR) is 98.9 cm³/mol. The van der Waals surface area contributed by atoms with Crippen LogP contribution in [0.3, 0.4) is 0 Å². The van der Waals surface area contributed by atoms with Crippen molar-refractivity contribution in [2.75, 3.05) is 13.2 Å². The highest BCUT2D eigenvalue weighted by atomic mass is 35.5. The molecule has 1 aliphatic carbocycles. The second-order valence-corrected chi connectivity index (χ2v) is 6.98. The minimum Gasteiger partial charge on any atom is -0.493 e. The van der Waals surface area contributed by atoms with Crippen molar-refractivity contribution in [3.05, 3.63) is 28.8 Å². The fraction of sp³-hybridized carbons (Fsp3) is 0.579. The third kappa shape index (κ3) is 7.34. The molecule has 0 radical (unpaired) electrons. The number of benzene rings is 1. The lowest BCUT2D eigenvalue weighted by Gasteiger charge is -2.22. The molecule has 0 unspecified atom stereocenters. The van der Waals surface area contributed by atoms with Gasteiger partial charge in [-0.1, -0.05) is 30.9 Å². The van der Waals surface area contributed by atoms with E-state index in [0.29, 0.717) is 24.5 Å². The summed E-state index contributed by atoms with van der Waals surface area (Å²) >= 11 is 5.90. The summed E-state index contributed by atoms with van der Waals surface area (Å²) in [7, 11) is 0. The van der Waals surface area contributed by atoms with Crippen LogP contribution in [-0.4, -0.2) is 31.0 Å². The summed E-state index contributed by atoms with van der Waals surface area (Å²) in [4.78, 5) is 23.6. The van der Waals surface area contributed by atoms with E-state index in [1.54, 1.807) is 6.07 Å². The van der Waals surface area contributed by atoms with Gasteiger partial charge in [0.25, 0.3) is 0 Å². The van der Waals surface area contributed by atoms with E-state index in [1.165, 1.54) is 19.3 Å².